The van der Waals surface area contributed by atoms with E-state index in [1.165, 1.54) is 17.8 Å². The van der Waals surface area contributed by atoms with E-state index in [0.717, 1.165) is 4.90 Å². The first-order valence-corrected chi connectivity index (χ1v) is 12.3. The number of carbonyl (C=O) groups is 3. The number of aliphatic carboxylic acids is 1. The number of carboxylic acid groups (broad SMARTS) is 1. The van der Waals surface area contributed by atoms with Crippen molar-refractivity contribution in [3.8, 4) is 5.75 Å². The van der Waals surface area contributed by atoms with Gasteiger partial charge in [-0.15, -0.1) is 11.8 Å². The molecule has 180 valence electrons. The zero-order valence-corrected chi connectivity index (χ0v) is 19.4. The van der Waals surface area contributed by atoms with Crippen molar-refractivity contribution in [2.75, 3.05) is 13.1 Å². The second kappa shape index (κ2) is 10.9. The van der Waals surface area contributed by atoms with E-state index < -0.39 is 5.97 Å². The van der Waals surface area contributed by atoms with Gasteiger partial charge in [0.25, 0.3) is 5.91 Å². The van der Waals surface area contributed by atoms with Crippen LogP contribution in [0.3, 0.4) is 0 Å². The Morgan fingerprint density at radius 3 is 2.38 bits per heavy atom. The SMILES string of the molecule is O=C(NCCNC(=O)C1Cc2c(F)cccc2S1)c1ccc(OC2CCC(C(=O)O)CC2)cc1. The molecule has 4 rings (SSSR count). The smallest absolute Gasteiger partial charge is 0.306 e. The summed E-state index contributed by atoms with van der Waals surface area (Å²) in [6.07, 6.45) is 2.97. The number of nitrogens with one attached hydrogen (secondary N) is 2. The number of carbonyl (C=O) groups excluding carboxylic acids is 2. The fourth-order valence-electron chi connectivity index (χ4n) is 4.26. The Kier molecular flexibility index (Phi) is 7.72. The van der Waals surface area contributed by atoms with Crippen molar-refractivity contribution in [2.24, 2.45) is 5.92 Å². The van der Waals surface area contributed by atoms with Crippen LogP contribution in [0.2, 0.25) is 0 Å². The van der Waals surface area contributed by atoms with Crippen LogP contribution in [0.5, 0.6) is 5.75 Å². The Labute approximate surface area is 201 Å². The molecular formula is C25H27FN2O5S. The minimum Gasteiger partial charge on any atom is -0.490 e. The van der Waals surface area contributed by atoms with E-state index in [1.54, 1.807) is 30.3 Å². The van der Waals surface area contributed by atoms with Gasteiger partial charge in [-0.25, -0.2) is 4.39 Å². The Morgan fingerprint density at radius 1 is 1.00 bits per heavy atom. The molecule has 1 aliphatic carbocycles. The van der Waals surface area contributed by atoms with Gasteiger partial charge >= 0.3 is 5.97 Å². The van der Waals surface area contributed by atoms with Gasteiger partial charge in [0.2, 0.25) is 5.91 Å². The molecule has 0 radical (unpaired) electrons. The summed E-state index contributed by atoms with van der Waals surface area (Å²) in [5.74, 6) is -1.09. The third-order valence-electron chi connectivity index (χ3n) is 6.18. The molecule has 7 nitrogen and oxygen atoms in total. The van der Waals surface area contributed by atoms with Crippen LogP contribution in [-0.2, 0) is 16.0 Å². The summed E-state index contributed by atoms with van der Waals surface area (Å²) >= 11 is 1.36. The lowest BCUT2D eigenvalue weighted by molar-refractivity contribution is -0.143. The van der Waals surface area contributed by atoms with E-state index in [9.17, 15) is 18.8 Å². The summed E-state index contributed by atoms with van der Waals surface area (Å²) in [6.45, 7) is 0.551. The number of rotatable bonds is 8. The first-order chi connectivity index (χ1) is 16.4. The fourth-order valence-corrected chi connectivity index (χ4v) is 5.48. The topological polar surface area (TPSA) is 105 Å². The first kappa shape index (κ1) is 24.1. The molecule has 1 atom stereocenters. The highest BCUT2D eigenvalue weighted by molar-refractivity contribution is 8.01. The summed E-state index contributed by atoms with van der Waals surface area (Å²) in [6, 6.07) is 11.7. The second-order valence-corrected chi connectivity index (χ2v) is 9.77. The molecular weight excluding hydrogens is 459 g/mol. The second-order valence-electron chi connectivity index (χ2n) is 8.53. The van der Waals surface area contributed by atoms with Crippen LogP contribution in [0, 0.1) is 11.7 Å². The van der Waals surface area contributed by atoms with E-state index in [4.69, 9.17) is 9.84 Å². The highest BCUT2D eigenvalue weighted by Crippen LogP contribution is 2.38. The lowest BCUT2D eigenvalue weighted by Gasteiger charge is -2.26. The standard InChI is InChI=1S/C25H27FN2O5S/c26-20-2-1-3-21-19(20)14-22(34-21)24(30)28-13-12-27-23(29)15-4-8-17(9-5-15)33-18-10-6-16(7-11-18)25(31)32/h1-5,8-9,16,18,22H,6-7,10-14H2,(H,27,29)(H,28,30)(H,31,32). The fraction of sp³-hybridized carbons (Fsp3) is 0.400. The molecule has 2 aliphatic rings. The van der Waals surface area contributed by atoms with Crippen LogP contribution >= 0.6 is 11.8 Å². The number of thioether (sulfide) groups is 1. The first-order valence-electron chi connectivity index (χ1n) is 11.4. The number of ether oxygens (including phenoxy) is 1. The molecule has 3 N–H and O–H groups in total. The molecule has 0 bridgehead atoms. The van der Waals surface area contributed by atoms with Crippen LogP contribution in [0.4, 0.5) is 4.39 Å². The zero-order chi connectivity index (χ0) is 24.1. The molecule has 0 saturated heterocycles. The van der Waals surface area contributed by atoms with Gasteiger partial charge in [-0.1, -0.05) is 6.07 Å². The third-order valence-corrected chi connectivity index (χ3v) is 7.48. The molecule has 2 amide bonds. The van der Waals surface area contributed by atoms with Gasteiger partial charge < -0.3 is 20.5 Å². The van der Waals surface area contributed by atoms with E-state index in [1.807, 2.05) is 6.07 Å². The highest BCUT2D eigenvalue weighted by Gasteiger charge is 2.30. The van der Waals surface area contributed by atoms with Crippen molar-refractivity contribution in [1.29, 1.82) is 0 Å². The molecule has 1 unspecified atom stereocenters. The van der Waals surface area contributed by atoms with Crippen molar-refractivity contribution in [2.45, 2.75) is 48.4 Å². The van der Waals surface area contributed by atoms with Crippen molar-refractivity contribution in [3.63, 3.8) is 0 Å². The average molecular weight is 487 g/mol. The average Bonchev–Trinajstić information content (AvgIpc) is 3.28. The van der Waals surface area contributed by atoms with Gasteiger partial charge in [-0.05, 0) is 68.5 Å². The maximum absolute atomic E-state index is 13.8. The quantitative estimate of drug-likeness (QED) is 0.494. The number of fused-ring (bicyclic) bond motifs is 1. The van der Waals surface area contributed by atoms with Crippen molar-refractivity contribution in [3.05, 3.63) is 59.4 Å². The molecule has 2 aromatic carbocycles. The maximum atomic E-state index is 13.8. The van der Waals surface area contributed by atoms with E-state index >= 15 is 0 Å². The Morgan fingerprint density at radius 2 is 1.71 bits per heavy atom. The lowest BCUT2D eigenvalue weighted by Crippen LogP contribution is -2.38. The van der Waals surface area contributed by atoms with E-state index in [-0.39, 0.29) is 48.0 Å². The Hall–Kier alpha value is -3.07. The van der Waals surface area contributed by atoms with Crippen LogP contribution < -0.4 is 15.4 Å². The molecule has 1 fully saturated rings. The molecule has 1 saturated carbocycles. The summed E-state index contributed by atoms with van der Waals surface area (Å²) in [4.78, 5) is 36.6. The minimum atomic E-state index is -0.744. The molecule has 2 aromatic rings. The van der Waals surface area contributed by atoms with Gasteiger partial charge in [0.1, 0.15) is 11.6 Å². The predicted molar refractivity (Wildman–Crippen MR) is 126 cm³/mol. The van der Waals surface area contributed by atoms with Gasteiger partial charge in [0.05, 0.1) is 17.3 Å². The van der Waals surface area contributed by atoms with Crippen molar-refractivity contribution in [1.82, 2.24) is 10.6 Å². The maximum Gasteiger partial charge on any atom is 0.306 e. The Balaban J connectivity index is 1.16. The molecule has 9 heteroatoms. The van der Waals surface area contributed by atoms with Crippen LogP contribution in [0.1, 0.15) is 41.6 Å². The van der Waals surface area contributed by atoms with Crippen LogP contribution in [0.25, 0.3) is 0 Å². The van der Waals surface area contributed by atoms with Gasteiger partial charge in [0.15, 0.2) is 0 Å². The number of hydrogen-bond donors (Lipinski definition) is 3. The van der Waals surface area contributed by atoms with E-state index in [2.05, 4.69) is 10.6 Å². The van der Waals surface area contributed by atoms with Crippen molar-refractivity contribution < 1.29 is 28.6 Å². The highest BCUT2D eigenvalue weighted by atomic mass is 32.2. The molecule has 1 heterocycles. The number of benzene rings is 2. The number of hydrogen-bond acceptors (Lipinski definition) is 5. The van der Waals surface area contributed by atoms with Crippen LogP contribution in [-0.4, -0.2) is 47.3 Å². The summed E-state index contributed by atoms with van der Waals surface area (Å²) in [7, 11) is 0. The molecule has 1 aliphatic heterocycles. The minimum absolute atomic E-state index is 0.0128. The largest absolute Gasteiger partial charge is 0.490 e. The molecule has 0 aromatic heterocycles. The molecule has 0 spiro atoms. The lowest BCUT2D eigenvalue weighted by atomic mass is 9.87. The number of halogens is 1. The monoisotopic (exact) mass is 486 g/mol. The number of amides is 2. The predicted octanol–water partition coefficient (Wildman–Crippen LogP) is 3.41. The zero-order valence-electron chi connectivity index (χ0n) is 18.6. The normalized spacial score (nSPS) is 21.4. The molecule has 34 heavy (non-hydrogen) atoms. The summed E-state index contributed by atoms with van der Waals surface area (Å²) in [5.41, 5.74) is 1.06. The summed E-state index contributed by atoms with van der Waals surface area (Å²) < 4.78 is 19.8. The van der Waals surface area contributed by atoms with E-state index in [0.29, 0.717) is 49.0 Å². The van der Waals surface area contributed by atoms with Crippen molar-refractivity contribution >= 4 is 29.5 Å². The van der Waals surface area contributed by atoms with Gasteiger partial charge in [0, 0.05) is 29.1 Å². The Bertz CT molecular complexity index is 1050. The van der Waals surface area contributed by atoms with Crippen LogP contribution in [0.15, 0.2) is 47.4 Å². The number of carboxylic acids is 1. The summed E-state index contributed by atoms with van der Waals surface area (Å²) in [5, 5.41) is 14.3. The third kappa shape index (κ3) is 5.88. The van der Waals surface area contributed by atoms with Gasteiger partial charge in [-0.2, -0.15) is 0 Å². The van der Waals surface area contributed by atoms with Gasteiger partial charge in [-0.3, -0.25) is 14.4 Å².